The van der Waals surface area contributed by atoms with E-state index in [-0.39, 0.29) is 5.91 Å². The average molecular weight is 257 g/mol. The second-order valence-electron chi connectivity index (χ2n) is 3.44. The molecule has 1 amide bonds. The second-order valence-corrected chi connectivity index (χ2v) is 4.37. The third-order valence-electron chi connectivity index (χ3n) is 2.09. The van der Waals surface area contributed by atoms with E-state index in [9.17, 15) is 4.79 Å². The van der Waals surface area contributed by atoms with Gasteiger partial charge in [0.1, 0.15) is 0 Å². The Morgan fingerprint density at radius 3 is 2.81 bits per heavy atom. The Balaban J connectivity index is 2.59. The number of rotatable bonds is 4. The number of carbonyl (C=O) groups excluding carboxylic acids is 1. The van der Waals surface area contributed by atoms with Crippen LogP contribution in [0.4, 0.5) is 0 Å². The van der Waals surface area contributed by atoms with E-state index in [1.165, 1.54) is 0 Å². The standard InChI is InChI=1S/C11H13ClN2OS/c1-7-2-3-8(6-9(7)12)11(15)14-5-4-10(13)16/h2-3,6H,4-5H2,1H3,(H2,13,16)(H,14,15). The van der Waals surface area contributed by atoms with Gasteiger partial charge in [-0.25, -0.2) is 0 Å². The number of halogens is 1. The molecule has 1 aromatic rings. The van der Waals surface area contributed by atoms with Gasteiger partial charge in [0.05, 0.1) is 4.99 Å². The number of aryl methyl sites for hydroxylation is 1. The molecule has 0 aliphatic rings. The highest BCUT2D eigenvalue weighted by Crippen LogP contribution is 2.16. The number of hydrogen-bond acceptors (Lipinski definition) is 2. The molecule has 0 unspecified atom stereocenters. The van der Waals surface area contributed by atoms with Crippen molar-refractivity contribution in [3.05, 3.63) is 34.3 Å². The van der Waals surface area contributed by atoms with Crippen LogP contribution in [0.15, 0.2) is 18.2 Å². The number of nitrogens with one attached hydrogen (secondary N) is 1. The third kappa shape index (κ3) is 3.79. The van der Waals surface area contributed by atoms with Crippen molar-refractivity contribution in [1.82, 2.24) is 5.32 Å². The van der Waals surface area contributed by atoms with Crippen LogP contribution >= 0.6 is 23.8 Å². The van der Waals surface area contributed by atoms with E-state index in [0.29, 0.717) is 28.5 Å². The first-order valence-corrected chi connectivity index (χ1v) is 5.62. The summed E-state index contributed by atoms with van der Waals surface area (Å²) in [5.41, 5.74) is 6.81. The van der Waals surface area contributed by atoms with Crippen LogP contribution in [0, 0.1) is 6.92 Å². The molecule has 86 valence electrons. The summed E-state index contributed by atoms with van der Waals surface area (Å²) in [6, 6.07) is 5.19. The molecule has 0 fully saturated rings. The summed E-state index contributed by atoms with van der Waals surface area (Å²) in [5, 5.41) is 3.30. The maximum absolute atomic E-state index is 11.6. The Kier molecular flexibility index (Phi) is 4.71. The largest absolute Gasteiger partial charge is 0.393 e. The minimum atomic E-state index is -0.168. The molecule has 16 heavy (non-hydrogen) atoms. The van der Waals surface area contributed by atoms with E-state index in [2.05, 4.69) is 5.32 Å². The number of carbonyl (C=O) groups is 1. The van der Waals surface area contributed by atoms with E-state index in [1.54, 1.807) is 12.1 Å². The van der Waals surface area contributed by atoms with E-state index in [4.69, 9.17) is 29.6 Å². The molecule has 0 aliphatic carbocycles. The number of nitrogens with two attached hydrogens (primary N) is 1. The fraction of sp³-hybridized carbons (Fsp3) is 0.273. The predicted octanol–water partition coefficient (Wildman–Crippen LogP) is 2.05. The molecule has 0 radical (unpaired) electrons. The molecule has 0 saturated carbocycles. The van der Waals surface area contributed by atoms with Gasteiger partial charge in [-0.1, -0.05) is 29.9 Å². The summed E-state index contributed by atoms with van der Waals surface area (Å²) in [6.07, 6.45) is 0.501. The van der Waals surface area contributed by atoms with Gasteiger partial charge in [-0.2, -0.15) is 0 Å². The maximum atomic E-state index is 11.6. The summed E-state index contributed by atoms with van der Waals surface area (Å²) >= 11 is 10.6. The van der Waals surface area contributed by atoms with Gasteiger partial charge in [0.25, 0.3) is 5.91 Å². The fourth-order valence-corrected chi connectivity index (χ4v) is 1.42. The molecule has 0 heterocycles. The Hall–Kier alpha value is -1.13. The monoisotopic (exact) mass is 256 g/mol. The molecule has 0 bridgehead atoms. The Labute approximate surface area is 105 Å². The lowest BCUT2D eigenvalue weighted by Gasteiger charge is -2.05. The number of benzene rings is 1. The topological polar surface area (TPSA) is 55.1 Å². The molecule has 1 aromatic carbocycles. The van der Waals surface area contributed by atoms with Crippen LogP contribution in [0.5, 0.6) is 0 Å². The lowest BCUT2D eigenvalue weighted by atomic mass is 10.1. The minimum absolute atomic E-state index is 0.168. The van der Waals surface area contributed by atoms with E-state index >= 15 is 0 Å². The van der Waals surface area contributed by atoms with Gasteiger partial charge in [-0.3, -0.25) is 4.79 Å². The van der Waals surface area contributed by atoms with Gasteiger partial charge in [-0.05, 0) is 24.6 Å². The smallest absolute Gasteiger partial charge is 0.251 e. The zero-order chi connectivity index (χ0) is 12.1. The van der Waals surface area contributed by atoms with Crippen LogP contribution in [-0.2, 0) is 0 Å². The van der Waals surface area contributed by atoms with Gasteiger partial charge < -0.3 is 11.1 Å². The van der Waals surface area contributed by atoms with Crippen LogP contribution in [-0.4, -0.2) is 17.4 Å². The van der Waals surface area contributed by atoms with E-state index < -0.39 is 0 Å². The molecular weight excluding hydrogens is 244 g/mol. The molecule has 1 rings (SSSR count). The Morgan fingerprint density at radius 2 is 2.25 bits per heavy atom. The van der Waals surface area contributed by atoms with Gasteiger partial charge in [0.2, 0.25) is 0 Å². The maximum Gasteiger partial charge on any atom is 0.251 e. The van der Waals surface area contributed by atoms with Crippen LogP contribution < -0.4 is 11.1 Å². The molecule has 3 N–H and O–H groups in total. The molecular formula is C11H13ClN2OS. The molecule has 0 aromatic heterocycles. The van der Waals surface area contributed by atoms with Crippen molar-refractivity contribution in [1.29, 1.82) is 0 Å². The highest BCUT2D eigenvalue weighted by molar-refractivity contribution is 7.80. The number of hydrogen-bond donors (Lipinski definition) is 2. The Morgan fingerprint density at radius 1 is 1.56 bits per heavy atom. The van der Waals surface area contributed by atoms with E-state index in [1.807, 2.05) is 13.0 Å². The summed E-state index contributed by atoms with van der Waals surface area (Å²) in [7, 11) is 0. The highest BCUT2D eigenvalue weighted by atomic mass is 35.5. The zero-order valence-electron chi connectivity index (χ0n) is 8.92. The Bertz CT molecular complexity index is 420. The van der Waals surface area contributed by atoms with Crippen LogP contribution in [0.1, 0.15) is 22.3 Å². The minimum Gasteiger partial charge on any atom is -0.393 e. The summed E-state index contributed by atoms with van der Waals surface area (Å²) in [5.74, 6) is -0.168. The molecule has 0 saturated heterocycles. The van der Waals surface area contributed by atoms with Crippen LogP contribution in [0.2, 0.25) is 5.02 Å². The van der Waals surface area contributed by atoms with Gasteiger partial charge in [0, 0.05) is 23.6 Å². The van der Waals surface area contributed by atoms with Crippen LogP contribution in [0.25, 0.3) is 0 Å². The first kappa shape index (κ1) is 12.9. The molecule has 0 atom stereocenters. The summed E-state index contributed by atoms with van der Waals surface area (Å²) in [6.45, 7) is 2.33. The zero-order valence-corrected chi connectivity index (χ0v) is 10.5. The van der Waals surface area contributed by atoms with Crippen molar-refractivity contribution < 1.29 is 4.79 Å². The molecule has 0 spiro atoms. The predicted molar refractivity (Wildman–Crippen MR) is 69.9 cm³/mol. The van der Waals surface area contributed by atoms with Crippen molar-refractivity contribution in [2.24, 2.45) is 5.73 Å². The lowest BCUT2D eigenvalue weighted by Crippen LogP contribution is -2.27. The van der Waals surface area contributed by atoms with Crippen molar-refractivity contribution >= 4 is 34.7 Å². The van der Waals surface area contributed by atoms with Crippen molar-refractivity contribution in [2.45, 2.75) is 13.3 Å². The molecule has 0 aliphatic heterocycles. The normalized spacial score (nSPS) is 9.88. The fourth-order valence-electron chi connectivity index (χ4n) is 1.14. The number of amides is 1. The first-order valence-electron chi connectivity index (χ1n) is 4.83. The molecule has 5 heteroatoms. The average Bonchev–Trinajstić information content (AvgIpc) is 2.21. The number of thiocarbonyl (C=S) groups is 1. The van der Waals surface area contributed by atoms with Gasteiger partial charge >= 0.3 is 0 Å². The van der Waals surface area contributed by atoms with Gasteiger partial charge in [-0.15, -0.1) is 0 Å². The first-order chi connectivity index (χ1) is 7.50. The molecule has 3 nitrogen and oxygen atoms in total. The lowest BCUT2D eigenvalue weighted by molar-refractivity contribution is 0.0955. The van der Waals surface area contributed by atoms with Crippen LogP contribution in [0.3, 0.4) is 0 Å². The van der Waals surface area contributed by atoms with E-state index in [0.717, 1.165) is 5.56 Å². The van der Waals surface area contributed by atoms with Gasteiger partial charge in [0.15, 0.2) is 0 Å². The van der Waals surface area contributed by atoms with Crippen molar-refractivity contribution in [3.8, 4) is 0 Å². The summed E-state index contributed by atoms with van der Waals surface area (Å²) < 4.78 is 0. The SMILES string of the molecule is Cc1ccc(C(=O)NCCC(N)=S)cc1Cl. The van der Waals surface area contributed by atoms with Crippen molar-refractivity contribution in [2.75, 3.05) is 6.54 Å². The summed E-state index contributed by atoms with van der Waals surface area (Å²) in [4.78, 5) is 12.0. The van der Waals surface area contributed by atoms with Crippen molar-refractivity contribution in [3.63, 3.8) is 0 Å². The third-order valence-corrected chi connectivity index (χ3v) is 2.70. The highest BCUT2D eigenvalue weighted by Gasteiger charge is 2.06. The quantitative estimate of drug-likeness (QED) is 0.811. The second kappa shape index (κ2) is 5.82.